The van der Waals surface area contributed by atoms with Crippen LogP contribution in [0.4, 0.5) is 0 Å². The van der Waals surface area contributed by atoms with Crippen LogP contribution in [-0.4, -0.2) is 19.3 Å². The maximum Gasteiger partial charge on any atom is 0.179 e. The number of imidazole rings is 1. The fourth-order valence-electron chi connectivity index (χ4n) is 2.61. The van der Waals surface area contributed by atoms with Crippen LogP contribution in [0.25, 0.3) is 11.2 Å². The first-order chi connectivity index (χ1) is 10.1. The maximum absolute atomic E-state index is 5.49. The van der Waals surface area contributed by atoms with Crippen molar-refractivity contribution in [2.75, 3.05) is 0 Å². The summed E-state index contributed by atoms with van der Waals surface area (Å²) in [5, 5.41) is 4.61. The molecule has 3 rings (SSSR count). The monoisotopic (exact) mass is 364 g/mol. The molecule has 0 unspecified atom stereocenters. The van der Waals surface area contributed by atoms with E-state index in [1.54, 1.807) is 0 Å². The van der Waals surface area contributed by atoms with Crippen LogP contribution in [0.3, 0.4) is 0 Å². The summed E-state index contributed by atoms with van der Waals surface area (Å²) in [6, 6.07) is 8.31. The van der Waals surface area contributed by atoms with Crippen LogP contribution in [0, 0.1) is 4.77 Å². The van der Waals surface area contributed by atoms with Gasteiger partial charge in [0.2, 0.25) is 0 Å². The van der Waals surface area contributed by atoms with Crippen LogP contribution in [0.2, 0.25) is 0 Å². The number of rotatable bonds is 4. The highest BCUT2D eigenvalue weighted by Gasteiger charge is 2.14. The number of nitrogens with one attached hydrogen (secondary N) is 1. The predicted octanol–water partition coefficient (Wildman–Crippen LogP) is 4.20. The van der Waals surface area contributed by atoms with Gasteiger partial charge in [0.25, 0.3) is 0 Å². The Morgan fingerprint density at radius 1 is 1.29 bits per heavy atom. The Morgan fingerprint density at radius 2 is 2.00 bits per heavy atom. The van der Waals surface area contributed by atoms with Crippen molar-refractivity contribution in [3.05, 3.63) is 44.8 Å². The highest BCUT2D eigenvalue weighted by molar-refractivity contribution is 9.10. The van der Waals surface area contributed by atoms with Gasteiger partial charge in [-0.1, -0.05) is 41.4 Å². The van der Waals surface area contributed by atoms with E-state index >= 15 is 0 Å². The van der Waals surface area contributed by atoms with Gasteiger partial charge in [0, 0.05) is 11.5 Å². The molecule has 110 valence electrons. The minimum Gasteiger partial charge on any atom is -0.328 e. The molecule has 21 heavy (non-hydrogen) atoms. The fraction of sp³-hybridized carbons (Fsp3) is 0.333. The van der Waals surface area contributed by atoms with Crippen molar-refractivity contribution in [3.8, 4) is 0 Å². The Balaban J connectivity index is 2.08. The van der Waals surface area contributed by atoms with Gasteiger partial charge >= 0.3 is 0 Å². The number of benzene rings is 1. The highest BCUT2D eigenvalue weighted by atomic mass is 79.9. The summed E-state index contributed by atoms with van der Waals surface area (Å²) >= 11 is 8.95. The van der Waals surface area contributed by atoms with Crippen LogP contribution < -0.4 is 0 Å². The van der Waals surface area contributed by atoms with Crippen molar-refractivity contribution in [2.24, 2.45) is 7.05 Å². The zero-order valence-electron chi connectivity index (χ0n) is 12.1. The van der Waals surface area contributed by atoms with Gasteiger partial charge < -0.3 is 4.98 Å². The van der Waals surface area contributed by atoms with Gasteiger partial charge in [-0.3, -0.25) is 9.25 Å². The number of aryl methyl sites for hydroxylation is 2. The van der Waals surface area contributed by atoms with Gasteiger partial charge in [-0.15, -0.1) is 0 Å². The SMILES string of the molecule is CCCc1nn(C)c2c1[nH]c(=S)n2Cc1ccc(Br)cc1. The first-order valence-corrected chi connectivity index (χ1v) is 8.19. The lowest BCUT2D eigenvalue weighted by Gasteiger charge is -2.05. The molecule has 0 amide bonds. The molecule has 0 aliphatic rings. The average molecular weight is 365 g/mol. The summed E-state index contributed by atoms with van der Waals surface area (Å²) in [6.07, 6.45) is 2.04. The smallest absolute Gasteiger partial charge is 0.179 e. The third-order valence-electron chi connectivity index (χ3n) is 3.56. The summed E-state index contributed by atoms with van der Waals surface area (Å²) in [4.78, 5) is 3.32. The third kappa shape index (κ3) is 2.70. The molecular formula is C15H17BrN4S. The second-order valence-electron chi connectivity index (χ2n) is 5.16. The van der Waals surface area contributed by atoms with Crippen molar-refractivity contribution < 1.29 is 0 Å². The summed E-state index contributed by atoms with van der Waals surface area (Å²) in [5.41, 5.74) is 4.44. The molecule has 0 saturated carbocycles. The van der Waals surface area contributed by atoms with Gasteiger partial charge in [0.05, 0.1) is 12.2 Å². The fourth-order valence-corrected chi connectivity index (χ4v) is 3.13. The molecule has 0 bridgehead atoms. The minimum atomic E-state index is 0.747. The number of hydrogen-bond acceptors (Lipinski definition) is 2. The van der Waals surface area contributed by atoms with Gasteiger partial charge in [0.15, 0.2) is 10.4 Å². The molecule has 3 aromatic rings. The molecule has 0 aliphatic carbocycles. The molecule has 4 nitrogen and oxygen atoms in total. The number of fused-ring (bicyclic) bond motifs is 1. The van der Waals surface area contributed by atoms with E-state index in [0.29, 0.717) is 0 Å². The highest BCUT2D eigenvalue weighted by Crippen LogP contribution is 2.20. The lowest BCUT2D eigenvalue weighted by Crippen LogP contribution is -2.04. The van der Waals surface area contributed by atoms with Gasteiger partial charge in [-0.05, 0) is 36.3 Å². The van der Waals surface area contributed by atoms with E-state index in [9.17, 15) is 0 Å². The number of H-pyrrole nitrogens is 1. The van der Waals surface area contributed by atoms with Crippen molar-refractivity contribution in [1.29, 1.82) is 0 Å². The van der Waals surface area contributed by atoms with E-state index in [2.05, 4.69) is 61.8 Å². The quantitative estimate of drug-likeness (QED) is 0.704. The first-order valence-electron chi connectivity index (χ1n) is 6.99. The lowest BCUT2D eigenvalue weighted by atomic mass is 10.2. The zero-order chi connectivity index (χ0) is 15.0. The number of halogens is 1. The van der Waals surface area contributed by atoms with Crippen LogP contribution in [0.15, 0.2) is 28.7 Å². The normalized spacial score (nSPS) is 11.4. The van der Waals surface area contributed by atoms with Crippen molar-refractivity contribution in [2.45, 2.75) is 26.3 Å². The molecule has 1 aromatic carbocycles. The second kappa shape index (κ2) is 5.77. The molecule has 0 spiro atoms. The Labute approximate surface area is 136 Å². The number of nitrogens with zero attached hydrogens (tertiary/aromatic N) is 3. The first kappa shape index (κ1) is 14.5. The maximum atomic E-state index is 5.49. The summed E-state index contributed by atoms with van der Waals surface area (Å²) in [6.45, 7) is 2.91. The standard InChI is InChI=1S/C15H17BrN4S/c1-3-4-12-13-14(19(2)18-12)20(15(21)17-13)9-10-5-7-11(16)8-6-10/h5-8H,3-4,9H2,1-2H3,(H,17,21). The topological polar surface area (TPSA) is 38.5 Å². The Hall–Kier alpha value is -1.40. The average Bonchev–Trinajstić information content (AvgIpc) is 2.92. The van der Waals surface area contributed by atoms with Crippen LogP contribution >= 0.6 is 28.1 Å². The van der Waals surface area contributed by atoms with Gasteiger partial charge in [0.1, 0.15) is 5.52 Å². The lowest BCUT2D eigenvalue weighted by molar-refractivity contribution is 0.703. The number of aromatic amines is 1. The molecule has 2 heterocycles. The van der Waals surface area contributed by atoms with Crippen LogP contribution in [-0.2, 0) is 20.0 Å². The van der Waals surface area contributed by atoms with Crippen molar-refractivity contribution in [3.63, 3.8) is 0 Å². The molecule has 0 saturated heterocycles. The Bertz CT molecular complexity index is 826. The minimum absolute atomic E-state index is 0.747. The molecule has 0 fully saturated rings. The van der Waals surface area contributed by atoms with E-state index in [4.69, 9.17) is 12.2 Å². The Kier molecular flexibility index (Phi) is 3.99. The van der Waals surface area contributed by atoms with Gasteiger partial charge in [-0.2, -0.15) is 5.10 Å². The predicted molar refractivity (Wildman–Crippen MR) is 91.1 cm³/mol. The molecule has 6 heteroatoms. The van der Waals surface area contributed by atoms with E-state index in [1.807, 2.05) is 11.7 Å². The van der Waals surface area contributed by atoms with Crippen molar-refractivity contribution in [1.82, 2.24) is 19.3 Å². The Morgan fingerprint density at radius 3 is 2.67 bits per heavy atom. The zero-order valence-corrected chi connectivity index (χ0v) is 14.5. The van der Waals surface area contributed by atoms with E-state index in [0.717, 1.165) is 45.5 Å². The van der Waals surface area contributed by atoms with E-state index in [1.165, 1.54) is 5.56 Å². The van der Waals surface area contributed by atoms with E-state index in [-0.39, 0.29) is 0 Å². The number of hydrogen-bond donors (Lipinski definition) is 1. The second-order valence-corrected chi connectivity index (χ2v) is 6.46. The van der Waals surface area contributed by atoms with Crippen LogP contribution in [0.5, 0.6) is 0 Å². The molecule has 0 atom stereocenters. The van der Waals surface area contributed by atoms with Crippen molar-refractivity contribution >= 4 is 39.3 Å². The largest absolute Gasteiger partial charge is 0.328 e. The summed E-state index contributed by atoms with van der Waals surface area (Å²) in [5.74, 6) is 0. The third-order valence-corrected chi connectivity index (χ3v) is 4.41. The van der Waals surface area contributed by atoms with Crippen LogP contribution in [0.1, 0.15) is 24.6 Å². The summed E-state index contributed by atoms with van der Waals surface area (Å²) in [7, 11) is 1.97. The molecule has 1 N–H and O–H groups in total. The molecule has 2 aromatic heterocycles. The molecule has 0 radical (unpaired) electrons. The molecular weight excluding hydrogens is 348 g/mol. The van der Waals surface area contributed by atoms with E-state index < -0.39 is 0 Å². The van der Waals surface area contributed by atoms with Gasteiger partial charge in [-0.25, -0.2) is 0 Å². The molecule has 0 aliphatic heterocycles. The number of aromatic nitrogens is 4. The summed E-state index contributed by atoms with van der Waals surface area (Å²) < 4.78 is 5.86.